The van der Waals surface area contributed by atoms with Crippen LogP contribution in [0.15, 0.2) is 23.0 Å². The quantitative estimate of drug-likeness (QED) is 0.634. The minimum absolute atomic E-state index is 0.110. The molecule has 0 radical (unpaired) electrons. The van der Waals surface area contributed by atoms with Gasteiger partial charge in [0.15, 0.2) is 0 Å². The molecule has 1 heterocycles. The summed E-state index contributed by atoms with van der Waals surface area (Å²) >= 11 is 0. The third kappa shape index (κ3) is 2.53. The van der Waals surface area contributed by atoms with E-state index in [1.165, 1.54) is 12.1 Å². The van der Waals surface area contributed by atoms with E-state index in [-0.39, 0.29) is 11.2 Å². The molecule has 0 saturated heterocycles. The molecule has 0 saturated carbocycles. The molecule has 8 nitrogen and oxygen atoms in total. The molecule has 8 heteroatoms. The maximum Gasteiger partial charge on any atom is 0.423 e. The standard InChI is InChI=1S/C12H13N3O5/c1-12(2,3)20-11(17)14-9-6-7(15(18)19)4-5-8(9)13-10(14)16/h4-6H,1-3H3,(H,13,16). The molecule has 0 aliphatic heterocycles. The van der Waals surface area contributed by atoms with Gasteiger partial charge in [-0.25, -0.2) is 9.59 Å². The number of nitro benzene ring substituents is 1. The second-order valence-electron chi connectivity index (χ2n) is 5.20. The second kappa shape index (κ2) is 4.48. The average Bonchev–Trinajstić information content (AvgIpc) is 2.61. The minimum atomic E-state index is -0.880. The van der Waals surface area contributed by atoms with E-state index in [0.29, 0.717) is 5.52 Å². The smallest absolute Gasteiger partial charge is 0.423 e. The van der Waals surface area contributed by atoms with Crippen molar-refractivity contribution in [3.63, 3.8) is 0 Å². The highest BCUT2D eigenvalue weighted by atomic mass is 16.6. The average molecular weight is 279 g/mol. The Labute approximate surface area is 113 Å². The number of nitrogens with zero attached hydrogens (tertiary/aromatic N) is 2. The van der Waals surface area contributed by atoms with Crippen molar-refractivity contribution < 1.29 is 14.5 Å². The molecular formula is C12H13N3O5. The summed E-state index contributed by atoms with van der Waals surface area (Å²) in [5.74, 6) is 0. The second-order valence-corrected chi connectivity index (χ2v) is 5.20. The lowest BCUT2D eigenvalue weighted by Gasteiger charge is -2.19. The summed E-state index contributed by atoms with van der Waals surface area (Å²) in [4.78, 5) is 36.4. The zero-order chi connectivity index (χ0) is 15.1. The number of ether oxygens (including phenoxy) is 1. The van der Waals surface area contributed by atoms with E-state index in [1.807, 2.05) is 0 Å². The predicted molar refractivity (Wildman–Crippen MR) is 70.8 cm³/mol. The first-order valence-electron chi connectivity index (χ1n) is 5.81. The van der Waals surface area contributed by atoms with Crippen LogP contribution in [0.5, 0.6) is 0 Å². The van der Waals surface area contributed by atoms with E-state index in [1.54, 1.807) is 20.8 Å². The van der Waals surface area contributed by atoms with Crippen molar-refractivity contribution in [3.05, 3.63) is 38.8 Å². The van der Waals surface area contributed by atoms with Gasteiger partial charge in [0, 0.05) is 12.1 Å². The topological polar surface area (TPSA) is 107 Å². The first-order valence-corrected chi connectivity index (χ1v) is 5.81. The number of fused-ring (bicyclic) bond motifs is 1. The molecule has 2 aromatic rings. The van der Waals surface area contributed by atoms with Crippen molar-refractivity contribution in [3.8, 4) is 0 Å². The highest BCUT2D eigenvalue weighted by molar-refractivity contribution is 5.87. The van der Waals surface area contributed by atoms with Crippen molar-refractivity contribution >= 4 is 22.8 Å². The fourth-order valence-electron chi connectivity index (χ4n) is 1.69. The maximum atomic E-state index is 12.0. The van der Waals surface area contributed by atoms with Crippen LogP contribution in [0.25, 0.3) is 11.0 Å². The number of benzene rings is 1. The van der Waals surface area contributed by atoms with Crippen LogP contribution >= 0.6 is 0 Å². The van der Waals surface area contributed by atoms with E-state index in [4.69, 9.17) is 4.74 Å². The normalized spacial score (nSPS) is 11.6. The molecule has 1 aromatic carbocycles. The maximum absolute atomic E-state index is 12.0. The number of hydrogen-bond acceptors (Lipinski definition) is 5. The van der Waals surface area contributed by atoms with Crippen molar-refractivity contribution in [2.45, 2.75) is 26.4 Å². The van der Waals surface area contributed by atoms with Crippen molar-refractivity contribution in [2.24, 2.45) is 0 Å². The Morgan fingerprint density at radius 1 is 1.40 bits per heavy atom. The highest BCUT2D eigenvalue weighted by Crippen LogP contribution is 2.19. The van der Waals surface area contributed by atoms with E-state index in [9.17, 15) is 19.7 Å². The fraction of sp³-hybridized carbons (Fsp3) is 0.333. The van der Waals surface area contributed by atoms with Crippen LogP contribution in [-0.4, -0.2) is 26.2 Å². The SMILES string of the molecule is CC(C)(C)OC(=O)n1c(=O)[nH]c2ccc([N+](=O)[O-])cc21. The summed E-state index contributed by atoms with van der Waals surface area (Å²) in [5.41, 5.74) is -1.26. The van der Waals surface area contributed by atoms with Crippen LogP contribution < -0.4 is 5.69 Å². The number of hydrogen-bond donors (Lipinski definition) is 1. The number of carbonyl (C=O) groups is 1. The number of nitro groups is 1. The van der Waals surface area contributed by atoms with Gasteiger partial charge in [-0.05, 0) is 26.8 Å². The van der Waals surface area contributed by atoms with Gasteiger partial charge in [0.05, 0.1) is 16.0 Å². The van der Waals surface area contributed by atoms with Crippen LogP contribution in [0.3, 0.4) is 0 Å². The molecule has 0 aliphatic carbocycles. The summed E-state index contributed by atoms with van der Waals surface area (Å²) in [5, 5.41) is 10.8. The number of aromatic nitrogens is 2. The first-order chi connectivity index (χ1) is 9.19. The molecule has 20 heavy (non-hydrogen) atoms. The molecule has 1 N–H and O–H groups in total. The van der Waals surface area contributed by atoms with Gasteiger partial charge < -0.3 is 9.72 Å². The largest absolute Gasteiger partial charge is 0.443 e. The molecule has 0 amide bonds. The summed E-state index contributed by atoms with van der Waals surface area (Å²) in [6.45, 7) is 4.98. The van der Waals surface area contributed by atoms with Gasteiger partial charge in [-0.2, -0.15) is 4.57 Å². The predicted octanol–water partition coefficient (Wildman–Crippen LogP) is 2.02. The van der Waals surface area contributed by atoms with Gasteiger partial charge in [-0.1, -0.05) is 0 Å². The summed E-state index contributed by atoms with van der Waals surface area (Å²) in [7, 11) is 0. The van der Waals surface area contributed by atoms with Crippen LogP contribution in [0, 0.1) is 10.1 Å². The van der Waals surface area contributed by atoms with Crippen molar-refractivity contribution in [2.75, 3.05) is 0 Å². The minimum Gasteiger partial charge on any atom is -0.443 e. The molecule has 0 unspecified atom stereocenters. The van der Waals surface area contributed by atoms with E-state index in [2.05, 4.69) is 4.98 Å². The van der Waals surface area contributed by atoms with Crippen LogP contribution in [0.2, 0.25) is 0 Å². The molecule has 106 valence electrons. The Morgan fingerprint density at radius 2 is 2.05 bits per heavy atom. The number of non-ortho nitro benzene ring substituents is 1. The van der Waals surface area contributed by atoms with Crippen molar-refractivity contribution in [1.29, 1.82) is 0 Å². The van der Waals surface area contributed by atoms with Crippen LogP contribution in [-0.2, 0) is 4.74 Å². The Morgan fingerprint density at radius 3 is 2.60 bits per heavy atom. The van der Waals surface area contributed by atoms with Gasteiger partial charge in [-0.3, -0.25) is 10.1 Å². The molecule has 0 aliphatic rings. The Balaban J connectivity index is 2.60. The molecular weight excluding hydrogens is 266 g/mol. The molecule has 0 bridgehead atoms. The Kier molecular flexibility index (Phi) is 3.09. The number of H-pyrrole nitrogens is 1. The third-order valence-electron chi connectivity index (χ3n) is 2.45. The number of imidazole rings is 1. The molecule has 0 spiro atoms. The first kappa shape index (κ1) is 13.8. The Bertz CT molecular complexity index is 751. The fourth-order valence-corrected chi connectivity index (χ4v) is 1.69. The van der Waals surface area contributed by atoms with Crippen LogP contribution in [0.1, 0.15) is 20.8 Å². The third-order valence-corrected chi connectivity index (χ3v) is 2.45. The monoisotopic (exact) mass is 279 g/mol. The lowest BCUT2D eigenvalue weighted by molar-refractivity contribution is -0.384. The van der Waals surface area contributed by atoms with E-state index in [0.717, 1.165) is 10.6 Å². The van der Waals surface area contributed by atoms with Gasteiger partial charge in [0.1, 0.15) is 5.60 Å². The van der Waals surface area contributed by atoms with Gasteiger partial charge in [0.2, 0.25) is 0 Å². The molecule has 0 fully saturated rings. The van der Waals surface area contributed by atoms with Gasteiger partial charge in [-0.15, -0.1) is 0 Å². The lowest BCUT2D eigenvalue weighted by Crippen LogP contribution is -2.32. The number of carbonyl (C=O) groups excluding carboxylic acids is 1. The van der Waals surface area contributed by atoms with Crippen molar-refractivity contribution in [1.82, 2.24) is 9.55 Å². The van der Waals surface area contributed by atoms with Crippen LogP contribution in [0.4, 0.5) is 10.5 Å². The highest BCUT2D eigenvalue weighted by Gasteiger charge is 2.22. The van der Waals surface area contributed by atoms with Gasteiger partial charge >= 0.3 is 11.8 Å². The summed E-state index contributed by atoms with van der Waals surface area (Å²) in [6, 6.07) is 3.77. The Hall–Kier alpha value is -2.64. The summed E-state index contributed by atoms with van der Waals surface area (Å²) < 4.78 is 5.85. The number of nitrogens with one attached hydrogen (secondary N) is 1. The molecule has 1 aromatic heterocycles. The van der Waals surface area contributed by atoms with E-state index < -0.39 is 22.3 Å². The molecule has 0 atom stereocenters. The van der Waals surface area contributed by atoms with E-state index >= 15 is 0 Å². The lowest BCUT2D eigenvalue weighted by atomic mass is 10.2. The number of aromatic amines is 1. The van der Waals surface area contributed by atoms with Gasteiger partial charge in [0.25, 0.3) is 5.69 Å². The zero-order valence-corrected chi connectivity index (χ0v) is 11.2. The molecule has 2 rings (SSSR count). The zero-order valence-electron chi connectivity index (χ0n) is 11.2. The summed E-state index contributed by atoms with van der Waals surface area (Å²) in [6.07, 6.45) is -0.880. The number of rotatable bonds is 1.